The van der Waals surface area contributed by atoms with E-state index in [0.29, 0.717) is 17.5 Å². The lowest BCUT2D eigenvalue weighted by Crippen LogP contribution is -2.42. The van der Waals surface area contributed by atoms with Crippen LogP contribution in [-0.4, -0.2) is 45.5 Å². The number of ether oxygens (including phenoxy) is 2. The predicted octanol–water partition coefficient (Wildman–Crippen LogP) is 8.36. The molecule has 246 valence electrons. The molecule has 9 heteroatoms. The van der Waals surface area contributed by atoms with Gasteiger partial charge in [-0.1, -0.05) is 109 Å². The minimum Gasteiger partial charge on any atom is -0.746 e. The van der Waals surface area contributed by atoms with E-state index in [1.165, 1.54) is 95.8 Å². The SMILES string of the molecule is CCCCCCCCCCCCCCCCOC(C)C(COP(=O)([O-])OC=C1CCc2ccccc2[N+]1(C)C)OC(C)=O. The molecule has 0 saturated carbocycles. The molecule has 3 unspecified atom stereocenters. The number of para-hydroxylation sites is 1. The Labute approximate surface area is 261 Å². The lowest BCUT2D eigenvalue weighted by molar-refractivity contribution is -0.224. The number of nitrogens with zero attached hydrogens (tertiary/aromatic N) is 1. The van der Waals surface area contributed by atoms with Crippen molar-refractivity contribution in [2.45, 2.75) is 136 Å². The summed E-state index contributed by atoms with van der Waals surface area (Å²) in [5.74, 6) is -0.524. The topological polar surface area (TPSA) is 94.1 Å². The van der Waals surface area contributed by atoms with Gasteiger partial charge in [0.05, 0.1) is 26.8 Å². The van der Waals surface area contributed by atoms with Crippen LogP contribution in [0, 0.1) is 0 Å². The Hall–Kier alpha value is -1.70. The molecule has 0 saturated heterocycles. The Balaban J connectivity index is 1.65. The van der Waals surface area contributed by atoms with Crippen molar-refractivity contribution in [3.63, 3.8) is 0 Å². The maximum atomic E-state index is 12.6. The number of hydrogen-bond donors (Lipinski definition) is 0. The molecule has 0 spiro atoms. The molecule has 1 heterocycles. The first kappa shape index (κ1) is 37.5. The van der Waals surface area contributed by atoms with Gasteiger partial charge in [-0.05, 0) is 25.8 Å². The van der Waals surface area contributed by atoms with Gasteiger partial charge in [0.1, 0.15) is 17.6 Å². The van der Waals surface area contributed by atoms with Crippen LogP contribution in [0.15, 0.2) is 36.2 Å². The molecule has 0 amide bonds. The number of phosphoric acid groups is 1. The van der Waals surface area contributed by atoms with Gasteiger partial charge in [-0.25, -0.2) is 0 Å². The van der Waals surface area contributed by atoms with Crippen molar-refractivity contribution >= 4 is 19.5 Å². The van der Waals surface area contributed by atoms with Crippen molar-refractivity contribution in [1.29, 1.82) is 0 Å². The van der Waals surface area contributed by atoms with Gasteiger partial charge in [0, 0.05) is 25.5 Å². The summed E-state index contributed by atoms with van der Waals surface area (Å²) >= 11 is 0. The van der Waals surface area contributed by atoms with Crippen molar-refractivity contribution in [3.8, 4) is 0 Å². The van der Waals surface area contributed by atoms with E-state index in [1.807, 2.05) is 32.3 Å². The number of benzene rings is 1. The van der Waals surface area contributed by atoms with Crippen LogP contribution < -0.4 is 9.38 Å². The zero-order valence-electron chi connectivity index (χ0n) is 27.5. The maximum Gasteiger partial charge on any atom is 0.319 e. The quantitative estimate of drug-likeness (QED) is 0.0397. The van der Waals surface area contributed by atoms with Gasteiger partial charge in [-0.3, -0.25) is 13.8 Å². The second-order valence-corrected chi connectivity index (χ2v) is 13.7. The molecule has 0 aliphatic carbocycles. The van der Waals surface area contributed by atoms with Crippen molar-refractivity contribution in [3.05, 3.63) is 41.8 Å². The van der Waals surface area contributed by atoms with Crippen LogP contribution in [0.3, 0.4) is 0 Å². The number of phosphoric ester groups is 1. The standard InChI is InChI=1S/C34H58NO7P/c1-6-7-8-9-10-11-12-13-14-15-16-17-18-21-26-39-29(2)34(42-30(3)36)28-41-43(37,38)40-27-32-25-24-31-22-19-20-23-33(31)35(32,4)5/h19-20,22-23,27,29,34H,6-18,21,24-26,28H2,1-5H3. The highest BCUT2D eigenvalue weighted by Gasteiger charge is 2.33. The molecule has 1 aromatic rings. The average molecular weight is 624 g/mol. The van der Waals surface area contributed by atoms with Gasteiger partial charge >= 0.3 is 13.8 Å². The fourth-order valence-electron chi connectivity index (χ4n) is 5.63. The normalized spacial score (nSPS) is 18.0. The largest absolute Gasteiger partial charge is 0.746 e. The third kappa shape index (κ3) is 14.8. The first-order valence-corrected chi connectivity index (χ1v) is 18.1. The molecular formula is C34H58NO7P. The highest BCUT2D eigenvalue weighted by molar-refractivity contribution is 7.46. The molecule has 3 atom stereocenters. The molecule has 0 radical (unpaired) electrons. The van der Waals surface area contributed by atoms with Gasteiger partial charge in [0.2, 0.25) is 0 Å². The third-order valence-corrected chi connectivity index (χ3v) is 9.23. The van der Waals surface area contributed by atoms with Crippen LogP contribution >= 0.6 is 7.82 Å². The average Bonchev–Trinajstić information content (AvgIpc) is 2.96. The van der Waals surface area contributed by atoms with Crippen molar-refractivity contribution in [2.75, 3.05) is 27.3 Å². The zero-order valence-corrected chi connectivity index (χ0v) is 28.4. The summed E-state index contributed by atoms with van der Waals surface area (Å²) < 4.78 is 34.5. The van der Waals surface area contributed by atoms with Crippen LogP contribution in [0.2, 0.25) is 0 Å². The highest BCUT2D eigenvalue weighted by atomic mass is 31.2. The molecule has 0 fully saturated rings. The summed E-state index contributed by atoms with van der Waals surface area (Å²) in [6.07, 6.45) is 19.3. The Morgan fingerprint density at radius 1 is 0.930 bits per heavy atom. The van der Waals surface area contributed by atoms with E-state index < -0.39 is 26.0 Å². The Kier molecular flexibility index (Phi) is 17.7. The number of quaternary nitrogens is 1. The number of unbranched alkanes of at least 4 members (excludes halogenated alkanes) is 13. The van der Waals surface area contributed by atoms with Crippen molar-refractivity contribution < 1.29 is 32.8 Å². The van der Waals surface area contributed by atoms with Gasteiger partial charge in [0.25, 0.3) is 0 Å². The van der Waals surface area contributed by atoms with E-state index in [-0.39, 0.29) is 6.61 Å². The summed E-state index contributed by atoms with van der Waals surface area (Å²) in [5, 5.41) is 0. The molecule has 0 N–H and O–H groups in total. The number of carbonyl (C=O) groups excluding carboxylic acids is 1. The summed E-state index contributed by atoms with van der Waals surface area (Å²) in [4.78, 5) is 24.3. The second-order valence-electron chi connectivity index (χ2n) is 12.4. The molecular weight excluding hydrogens is 565 g/mol. The molecule has 0 bridgehead atoms. The molecule has 43 heavy (non-hydrogen) atoms. The van der Waals surface area contributed by atoms with E-state index in [2.05, 4.69) is 13.0 Å². The first-order chi connectivity index (χ1) is 20.6. The number of fused-ring (bicyclic) bond motifs is 1. The highest BCUT2D eigenvalue weighted by Crippen LogP contribution is 2.42. The number of hydrogen-bond acceptors (Lipinski definition) is 7. The van der Waals surface area contributed by atoms with E-state index in [9.17, 15) is 14.3 Å². The Morgan fingerprint density at radius 3 is 2.07 bits per heavy atom. The van der Waals surface area contributed by atoms with Gasteiger partial charge in [-0.15, -0.1) is 0 Å². The van der Waals surface area contributed by atoms with Gasteiger partial charge in [0.15, 0.2) is 6.10 Å². The van der Waals surface area contributed by atoms with Crippen LogP contribution in [0.4, 0.5) is 5.69 Å². The second kappa shape index (κ2) is 20.4. The minimum atomic E-state index is -4.68. The molecule has 2 rings (SSSR count). The van der Waals surface area contributed by atoms with Crippen molar-refractivity contribution in [2.24, 2.45) is 0 Å². The minimum absolute atomic E-state index is 0.371. The summed E-state index contributed by atoms with van der Waals surface area (Å²) in [5.41, 5.74) is 3.16. The number of aryl methyl sites for hydroxylation is 1. The maximum absolute atomic E-state index is 12.6. The van der Waals surface area contributed by atoms with Crippen LogP contribution in [0.5, 0.6) is 0 Å². The third-order valence-electron chi connectivity index (χ3n) is 8.40. The van der Waals surface area contributed by atoms with E-state index in [0.717, 1.165) is 30.6 Å². The van der Waals surface area contributed by atoms with Crippen molar-refractivity contribution in [1.82, 2.24) is 4.48 Å². The fraction of sp³-hybridized carbons (Fsp3) is 0.735. The van der Waals surface area contributed by atoms with E-state index in [4.69, 9.17) is 18.5 Å². The first-order valence-electron chi connectivity index (χ1n) is 16.6. The lowest BCUT2D eigenvalue weighted by atomic mass is 9.98. The monoisotopic (exact) mass is 623 g/mol. The molecule has 1 aliphatic rings. The smallest absolute Gasteiger partial charge is 0.319 e. The Bertz CT molecular complexity index is 1010. The zero-order chi connectivity index (χ0) is 31.6. The number of carbonyl (C=O) groups is 1. The van der Waals surface area contributed by atoms with E-state index in [1.54, 1.807) is 6.92 Å². The summed E-state index contributed by atoms with van der Waals surface area (Å²) in [7, 11) is -0.688. The summed E-state index contributed by atoms with van der Waals surface area (Å²) in [6, 6.07) is 8.11. The molecule has 0 aromatic heterocycles. The van der Waals surface area contributed by atoms with Crippen LogP contribution in [0.1, 0.15) is 123 Å². The molecule has 8 nitrogen and oxygen atoms in total. The van der Waals surface area contributed by atoms with Gasteiger partial charge < -0.3 is 23.4 Å². The number of allylic oxidation sites excluding steroid dienone is 1. The Morgan fingerprint density at radius 2 is 1.49 bits per heavy atom. The lowest BCUT2D eigenvalue weighted by Gasteiger charge is -2.36. The van der Waals surface area contributed by atoms with Crippen LogP contribution in [-0.2, 0) is 34.3 Å². The molecule has 1 aliphatic heterocycles. The number of esters is 1. The predicted molar refractivity (Wildman–Crippen MR) is 172 cm³/mol. The molecule has 1 aromatic carbocycles. The summed E-state index contributed by atoms with van der Waals surface area (Å²) in [6.45, 7) is 5.45. The fourth-order valence-corrected chi connectivity index (χ4v) is 6.27. The number of rotatable bonds is 23. The van der Waals surface area contributed by atoms with Gasteiger partial charge in [-0.2, -0.15) is 0 Å². The van der Waals surface area contributed by atoms with E-state index >= 15 is 0 Å². The van der Waals surface area contributed by atoms with Crippen LogP contribution in [0.25, 0.3) is 0 Å².